The van der Waals surface area contributed by atoms with Gasteiger partial charge >= 0.3 is 5.97 Å². The average molecular weight is 538 g/mol. The SMILES string of the molecule is CC[C@@]1(O)C(=O)OCc2c1cc1n(c2=O)Cc2c-1nc1ccc3ccccc3c1c2Cn1cc(CC(C)O)nn1. The highest BCUT2D eigenvalue weighted by Gasteiger charge is 2.45. The van der Waals surface area contributed by atoms with Crippen LogP contribution in [0.2, 0.25) is 0 Å². The van der Waals surface area contributed by atoms with Crippen molar-refractivity contribution in [3.8, 4) is 11.4 Å². The second kappa shape index (κ2) is 8.80. The van der Waals surface area contributed by atoms with E-state index >= 15 is 0 Å². The zero-order valence-corrected chi connectivity index (χ0v) is 22.1. The van der Waals surface area contributed by atoms with E-state index < -0.39 is 17.7 Å². The number of hydrogen-bond acceptors (Lipinski definition) is 8. The summed E-state index contributed by atoms with van der Waals surface area (Å²) in [6.07, 6.45) is 1.77. The molecule has 7 rings (SSSR count). The monoisotopic (exact) mass is 537 g/mol. The quantitative estimate of drug-likeness (QED) is 0.253. The van der Waals surface area contributed by atoms with E-state index in [1.165, 1.54) is 0 Å². The molecule has 5 heterocycles. The van der Waals surface area contributed by atoms with Gasteiger partial charge in [-0.2, -0.15) is 0 Å². The number of pyridine rings is 2. The molecule has 10 heteroatoms. The summed E-state index contributed by atoms with van der Waals surface area (Å²) in [5.74, 6) is -0.747. The molecule has 2 aromatic carbocycles. The molecule has 0 bridgehead atoms. The molecule has 1 unspecified atom stereocenters. The Morgan fingerprint density at radius 3 is 2.77 bits per heavy atom. The van der Waals surface area contributed by atoms with Crippen molar-refractivity contribution >= 4 is 27.6 Å². The number of nitrogens with zero attached hydrogens (tertiary/aromatic N) is 5. The van der Waals surface area contributed by atoms with E-state index in [9.17, 15) is 19.8 Å². The van der Waals surface area contributed by atoms with Gasteiger partial charge in [-0.05, 0) is 41.8 Å². The molecule has 202 valence electrons. The summed E-state index contributed by atoms with van der Waals surface area (Å²) in [6, 6.07) is 13.8. The summed E-state index contributed by atoms with van der Waals surface area (Å²) < 4.78 is 8.61. The number of cyclic esters (lactones) is 1. The minimum absolute atomic E-state index is 0.0814. The third-order valence-electron chi connectivity index (χ3n) is 8.10. The number of aliphatic hydroxyl groups is 2. The lowest BCUT2D eigenvalue weighted by Gasteiger charge is -2.31. The topological polar surface area (TPSA) is 132 Å². The van der Waals surface area contributed by atoms with Gasteiger partial charge in [-0.15, -0.1) is 5.10 Å². The molecule has 0 fully saturated rings. The smallest absolute Gasteiger partial charge is 0.343 e. The van der Waals surface area contributed by atoms with Crippen molar-refractivity contribution in [3.05, 3.63) is 87.0 Å². The molecule has 0 amide bonds. The standard InChI is InChI=1S/C30H27N5O5/c1-3-30(39)23-11-25-27-21(14-35(25)28(37)22(23)15-40-29(30)38)20(13-34-12-18(32-33-34)10-16(2)36)26-19-7-5-4-6-17(19)8-9-24(26)31-27/h4-9,11-12,16,36,39H,3,10,13-15H2,1-2H3/t16?,30-/m0/s1. The number of ether oxygens (including phenoxy) is 1. The molecular formula is C30H27N5O5. The molecule has 10 nitrogen and oxygen atoms in total. The molecular weight excluding hydrogens is 510 g/mol. The molecule has 3 aromatic heterocycles. The second-order valence-corrected chi connectivity index (χ2v) is 10.7. The first-order valence-electron chi connectivity index (χ1n) is 13.4. The van der Waals surface area contributed by atoms with Gasteiger partial charge in [0.2, 0.25) is 0 Å². The lowest BCUT2D eigenvalue weighted by Crippen LogP contribution is -2.44. The average Bonchev–Trinajstić information content (AvgIpc) is 3.54. The summed E-state index contributed by atoms with van der Waals surface area (Å²) >= 11 is 0. The molecule has 0 saturated heterocycles. The lowest BCUT2D eigenvalue weighted by atomic mass is 9.86. The van der Waals surface area contributed by atoms with Gasteiger partial charge in [0, 0.05) is 29.1 Å². The summed E-state index contributed by atoms with van der Waals surface area (Å²) in [4.78, 5) is 31.4. The molecule has 0 aliphatic carbocycles. The summed E-state index contributed by atoms with van der Waals surface area (Å²) in [6.45, 7) is 3.89. The third-order valence-corrected chi connectivity index (χ3v) is 8.10. The van der Waals surface area contributed by atoms with Crippen LogP contribution >= 0.6 is 0 Å². The number of hydrogen-bond donors (Lipinski definition) is 2. The third kappa shape index (κ3) is 3.53. The van der Waals surface area contributed by atoms with Crippen molar-refractivity contribution in [2.75, 3.05) is 0 Å². The van der Waals surface area contributed by atoms with Crippen molar-refractivity contribution in [1.29, 1.82) is 0 Å². The Labute approximate surface area is 228 Å². The van der Waals surface area contributed by atoms with Crippen molar-refractivity contribution in [2.45, 2.75) is 58.1 Å². The fraction of sp³-hybridized carbons (Fsp3) is 0.300. The van der Waals surface area contributed by atoms with Crippen molar-refractivity contribution in [3.63, 3.8) is 0 Å². The number of benzene rings is 2. The van der Waals surface area contributed by atoms with Crippen LogP contribution in [0, 0.1) is 0 Å². The van der Waals surface area contributed by atoms with E-state index in [0.717, 1.165) is 32.8 Å². The Balaban J connectivity index is 1.48. The molecule has 0 radical (unpaired) electrons. The van der Waals surface area contributed by atoms with Crippen LogP contribution in [0.15, 0.2) is 53.5 Å². The van der Waals surface area contributed by atoms with Crippen LogP contribution in [0.5, 0.6) is 0 Å². The minimum Gasteiger partial charge on any atom is -0.458 e. The Hall–Kier alpha value is -4.41. The molecule has 2 aliphatic heterocycles. The highest BCUT2D eigenvalue weighted by atomic mass is 16.6. The second-order valence-electron chi connectivity index (χ2n) is 10.7. The Bertz CT molecular complexity index is 1920. The van der Waals surface area contributed by atoms with Gasteiger partial charge in [-0.3, -0.25) is 4.79 Å². The predicted molar refractivity (Wildman–Crippen MR) is 147 cm³/mol. The highest BCUT2D eigenvalue weighted by Crippen LogP contribution is 2.41. The molecule has 5 aromatic rings. The maximum Gasteiger partial charge on any atom is 0.343 e. The van der Waals surface area contributed by atoms with Crippen LogP contribution in [-0.4, -0.2) is 46.8 Å². The Morgan fingerprint density at radius 2 is 1.98 bits per heavy atom. The first-order valence-corrected chi connectivity index (χ1v) is 13.4. The zero-order valence-electron chi connectivity index (χ0n) is 22.1. The summed E-state index contributed by atoms with van der Waals surface area (Å²) in [5, 5.41) is 32.7. The first-order chi connectivity index (χ1) is 19.3. The van der Waals surface area contributed by atoms with E-state index in [-0.39, 0.29) is 36.3 Å². The number of rotatable bonds is 5. The van der Waals surface area contributed by atoms with Gasteiger partial charge in [0.1, 0.15) is 6.61 Å². The summed E-state index contributed by atoms with van der Waals surface area (Å²) in [7, 11) is 0. The Morgan fingerprint density at radius 1 is 1.15 bits per heavy atom. The van der Waals surface area contributed by atoms with Crippen molar-refractivity contribution in [2.24, 2.45) is 0 Å². The van der Waals surface area contributed by atoms with Gasteiger partial charge < -0.3 is 19.5 Å². The predicted octanol–water partition coefficient (Wildman–Crippen LogP) is 2.80. The van der Waals surface area contributed by atoms with Crippen LogP contribution < -0.4 is 5.56 Å². The number of esters is 1. The number of carbonyl (C=O) groups excluding carboxylic acids is 1. The van der Waals surface area contributed by atoms with Gasteiger partial charge in [0.15, 0.2) is 5.60 Å². The van der Waals surface area contributed by atoms with E-state index in [1.54, 1.807) is 29.2 Å². The van der Waals surface area contributed by atoms with Crippen LogP contribution in [0.25, 0.3) is 33.1 Å². The fourth-order valence-corrected chi connectivity index (χ4v) is 6.09. The van der Waals surface area contributed by atoms with E-state index in [0.29, 0.717) is 30.0 Å². The van der Waals surface area contributed by atoms with Gasteiger partial charge in [0.05, 0.1) is 47.4 Å². The van der Waals surface area contributed by atoms with E-state index in [1.807, 2.05) is 30.5 Å². The molecule has 0 saturated carbocycles. The Kier molecular flexibility index (Phi) is 5.42. The molecule has 40 heavy (non-hydrogen) atoms. The molecule has 0 spiro atoms. The molecule has 2 N–H and O–H groups in total. The van der Waals surface area contributed by atoms with Crippen molar-refractivity contribution in [1.82, 2.24) is 24.5 Å². The maximum absolute atomic E-state index is 13.7. The van der Waals surface area contributed by atoms with Crippen LogP contribution in [0.1, 0.15) is 48.2 Å². The minimum atomic E-state index is -1.89. The zero-order chi connectivity index (χ0) is 27.8. The summed E-state index contributed by atoms with van der Waals surface area (Å²) in [5.41, 5.74) is 2.88. The fourth-order valence-electron chi connectivity index (χ4n) is 6.09. The van der Waals surface area contributed by atoms with Crippen molar-refractivity contribution < 1.29 is 19.7 Å². The van der Waals surface area contributed by atoms with E-state index in [2.05, 4.69) is 22.4 Å². The highest BCUT2D eigenvalue weighted by molar-refractivity contribution is 6.09. The number of aromatic nitrogens is 5. The maximum atomic E-state index is 13.7. The van der Waals surface area contributed by atoms with Gasteiger partial charge in [-0.1, -0.05) is 42.5 Å². The largest absolute Gasteiger partial charge is 0.458 e. The number of fused-ring (bicyclic) bond motifs is 7. The number of aliphatic hydroxyl groups excluding tert-OH is 1. The lowest BCUT2D eigenvalue weighted by molar-refractivity contribution is -0.172. The van der Waals surface area contributed by atoms with Crippen LogP contribution in [-0.2, 0) is 41.2 Å². The van der Waals surface area contributed by atoms with Crippen LogP contribution in [0.4, 0.5) is 0 Å². The van der Waals surface area contributed by atoms with Gasteiger partial charge in [-0.25, -0.2) is 14.5 Å². The first kappa shape index (κ1) is 24.6. The molecule has 2 atom stereocenters. The van der Waals surface area contributed by atoms with E-state index in [4.69, 9.17) is 9.72 Å². The molecule has 2 aliphatic rings. The number of carbonyl (C=O) groups is 1. The normalized spacial score (nSPS) is 18.4. The van der Waals surface area contributed by atoms with Gasteiger partial charge in [0.25, 0.3) is 5.56 Å². The van der Waals surface area contributed by atoms with Crippen LogP contribution in [0.3, 0.4) is 0 Å².